The summed E-state index contributed by atoms with van der Waals surface area (Å²) in [4.78, 5) is 0. The molecule has 0 amide bonds. The van der Waals surface area contributed by atoms with Crippen LogP contribution in [-0.2, 0) is 0 Å². The molecule has 0 saturated heterocycles. The van der Waals surface area contributed by atoms with Crippen LogP contribution in [0.4, 0.5) is 4.39 Å². The van der Waals surface area contributed by atoms with Crippen LogP contribution in [0.3, 0.4) is 0 Å². The number of ether oxygens (including phenoxy) is 1. The molecule has 0 unspecified atom stereocenters. The van der Waals surface area contributed by atoms with Gasteiger partial charge in [-0.3, -0.25) is 0 Å². The lowest BCUT2D eigenvalue weighted by Crippen LogP contribution is -2.35. The third-order valence-corrected chi connectivity index (χ3v) is 3.96. The fraction of sp³-hybridized carbons (Fsp3) is 0.625. The molecule has 2 rings (SSSR count). The second kappa shape index (κ2) is 6.90. The molecule has 1 N–H and O–H groups in total. The predicted molar refractivity (Wildman–Crippen MR) is 76.1 cm³/mol. The van der Waals surface area contributed by atoms with Crippen molar-refractivity contribution in [2.24, 2.45) is 5.92 Å². The lowest BCUT2D eigenvalue weighted by atomic mass is 9.87. The van der Waals surface area contributed by atoms with Crippen molar-refractivity contribution in [2.45, 2.75) is 45.6 Å². The molecule has 1 fully saturated rings. The molecule has 3 heteroatoms. The number of nitrogens with one attached hydrogen (secondary N) is 1. The molecule has 1 aliphatic carbocycles. The summed E-state index contributed by atoms with van der Waals surface area (Å²) >= 11 is 0. The van der Waals surface area contributed by atoms with Crippen LogP contribution in [0.15, 0.2) is 18.2 Å². The van der Waals surface area contributed by atoms with Crippen LogP contribution in [0, 0.1) is 18.7 Å². The zero-order valence-corrected chi connectivity index (χ0v) is 11.9. The highest BCUT2D eigenvalue weighted by atomic mass is 19.1. The molecular weight excluding hydrogens is 241 g/mol. The van der Waals surface area contributed by atoms with Gasteiger partial charge in [0.2, 0.25) is 0 Å². The fourth-order valence-electron chi connectivity index (χ4n) is 2.62. The molecule has 1 aromatic carbocycles. The van der Waals surface area contributed by atoms with Crippen molar-refractivity contribution >= 4 is 0 Å². The molecule has 106 valence electrons. The predicted octanol–water partition coefficient (Wildman–Crippen LogP) is 3.68. The van der Waals surface area contributed by atoms with E-state index in [1.165, 1.54) is 25.7 Å². The first kappa shape index (κ1) is 14.3. The molecular formula is C16H24FNO. The van der Waals surface area contributed by atoms with Gasteiger partial charge in [-0.25, -0.2) is 4.39 Å². The Kier molecular flexibility index (Phi) is 5.20. The zero-order valence-electron chi connectivity index (χ0n) is 11.9. The van der Waals surface area contributed by atoms with E-state index in [0.29, 0.717) is 24.0 Å². The van der Waals surface area contributed by atoms with Gasteiger partial charge in [-0.15, -0.1) is 0 Å². The molecule has 2 nitrogen and oxygen atoms in total. The molecule has 0 aliphatic heterocycles. The van der Waals surface area contributed by atoms with E-state index >= 15 is 0 Å². The number of aryl methyl sites for hydroxylation is 1. The SMILES string of the molecule is Cc1cccc(OCCNC2CCC(C)CC2)c1F. The van der Waals surface area contributed by atoms with Gasteiger partial charge in [0.1, 0.15) is 6.61 Å². The number of hydrogen-bond donors (Lipinski definition) is 1. The highest BCUT2D eigenvalue weighted by Crippen LogP contribution is 2.23. The van der Waals surface area contributed by atoms with Crippen molar-refractivity contribution in [3.63, 3.8) is 0 Å². The number of benzene rings is 1. The maximum absolute atomic E-state index is 13.7. The number of hydrogen-bond acceptors (Lipinski definition) is 2. The van der Waals surface area contributed by atoms with Crippen molar-refractivity contribution in [3.05, 3.63) is 29.6 Å². The minimum atomic E-state index is -0.242. The minimum Gasteiger partial charge on any atom is -0.489 e. The summed E-state index contributed by atoms with van der Waals surface area (Å²) in [6, 6.07) is 5.87. The summed E-state index contributed by atoms with van der Waals surface area (Å²) in [5.41, 5.74) is 0.631. The number of rotatable bonds is 5. The van der Waals surface area contributed by atoms with Gasteiger partial charge < -0.3 is 10.1 Å². The lowest BCUT2D eigenvalue weighted by molar-refractivity contribution is 0.264. The molecule has 0 atom stereocenters. The van der Waals surface area contributed by atoms with E-state index < -0.39 is 0 Å². The van der Waals surface area contributed by atoms with Crippen molar-refractivity contribution in [1.82, 2.24) is 5.32 Å². The summed E-state index contributed by atoms with van der Waals surface area (Å²) < 4.78 is 19.2. The monoisotopic (exact) mass is 265 g/mol. The first-order valence-electron chi connectivity index (χ1n) is 7.28. The topological polar surface area (TPSA) is 21.3 Å². The van der Waals surface area contributed by atoms with E-state index in [1.807, 2.05) is 6.07 Å². The van der Waals surface area contributed by atoms with Crippen molar-refractivity contribution in [3.8, 4) is 5.75 Å². The van der Waals surface area contributed by atoms with Gasteiger partial charge in [-0.2, -0.15) is 0 Å². The summed E-state index contributed by atoms with van der Waals surface area (Å²) in [6.45, 7) is 5.38. The third-order valence-electron chi connectivity index (χ3n) is 3.96. The summed E-state index contributed by atoms with van der Waals surface area (Å²) in [5, 5.41) is 3.50. The largest absolute Gasteiger partial charge is 0.489 e. The van der Waals surface area contributed by atoms with Crippen molar-refractivity contribution < 1.29 is 9.13 Å². The summed E-state index contributed by atoms with van der Waals surface area (Å²) in [7, 11) is 0. The minimum absolute atomic E-state index is 0.242. The Balaban J connectivity index is 1.68. The summed E-state index contributed by atoms with van der Waals surface area (Å²) in [6.07, 6.45) is 5.12. The maximum atomic E-state index is 13.7. The average Bonchev–Trinajstić information content (AvgIpc) is 2.41. The zero-order chi connectivity index (χ0) is 13.7. The number of halogens is 1. The molecule has 0 heterocycles. The second-order valence-corrected chi connectivity index (χ2v) is 5.65. The van der Waals surface area contributed by atoms with Gasteiger partial charge in [-0.05, 0) is 50.2 Å². The van der Waals surface area contributed by atoms with Gasteiger partial charge in [0.25, 0.3) is 0 Å². The van der Waals surface area contributed by atoms with Crippen LogP contribution in [0.2, 0.25) is 0 Å². The Hall–Kier alpha value is -1.09. The van der Waals surface area contributed by atoms with Crippen LogP contribution < -0.4 is 10.1 Å². The first-order chi connectivity index (χ1) is 9.16. The molecule has 0 aromatic heterocycles. The fourth-order valence-corrected chi connectivity index (χ4v) is 2.62. The highest BCUT2D eigenvalue weighted by molar-refractivity contribution is 5.29. The smallest absolute Gasteiger partial charge is 0.167 e. The molecule has 1 saturated carbocycles. The maximum Gasteiger partial charge on any atom is 0.167 e. The lowest BCUT2D eigenvalue weighted by Gasteiger charge is -2.27. The van der Waals surface area contributed by atoms with Gasteiger partial charge >= 0.3 is 0 Å². The quantitative estimate of drug-likeness (QED) is 0.820. The van der Waals surface area contributed by atoms with Gasteiger partial charge in [0, 0.05) is 12.6 Å². The van der Waals surface area contributed by atoms with E-state index in [0.717, 1.165) is 12.5 Å². The van der Waals surface area contributed by atoms with Crippen LogP contribution in [-0.4, -0.2) is 19.2 Å². The van der Waals surface area contributed by atoms with E-state index in [-0.39, 0.29) is 5.82 Å². The standard InChI is InChI=1S/C16H24FNO/c1-12-6-8-14(9-7-12)18-10-11-19-15-5-3-4-13(2)16(15)17/h3-5,12,14,18H,6-11H2,1-2H3. The third kappa shape index (κ3) is 4.20. The Morgan fingerprint density at radius 1 is 1.26 bits per heavy atom. The molecule has 0 spiro atoms. The normalized spacial score (nSPS) is 23.3. The van der Waals surface area contributed by atoms with Gasteiger partial charge in [0.05, 0.1) is 0 Å². The van der Waals surface area contributed by atoms with Crippen LogP contribution >= 0.6 is 0 Å². The van der Waals surface area contributed by atoms with E-state index in [1.54, 1.807) is 19.1 Å². The highest BCUT2D eigenvalue weighted by Gasteiger charge is 2.17. The van der Waals surface area contributed by atoms with Crippen LogP contribution in [0.5, 0.6) is 5.75 Å². The van der Waals surface area contributed by atoms with Crippen molar-refractivity contribution in [1.29, 1.82) is 0 Å². The summed E-state index contributed by atoms with van der Waals surface area (Å²) in [5.74, 6) is 0.990. The Morgan fingerprint density at radius 3 is 2.74 bits per heavy atom. The molecule has 1 aliphatic rings. The van der Waals surface area contributed by atoms with Crippen molar-refractivity contribution in [2.75, 3.05) is 13.2 Å². The molecule has 19 heavy (non-hydrogen) atoms. The van der Waals surface area contributed by atoms with Gasteiger partial charge in [0.15, 0.2) is 11.6 Å². The Morgan fingerprint density at radius 2 is 2.00 bits per heavy atom. The van der Waals surface area contributed by atoms with Gasteiger partial charge in [-0.1, -0.05) is 19.1 Å². The van der Waals surface area contributed by atoms with E-state index in [9.17, 15) is 4.39 Å². The van der Waals surface area contributed by atoms with Crippen LogP contribution in [0.1, 0.15) is 38.2 Å². The average molecular weight is 265 g/mol. The van der Waals surface area contributed by atoms with E-state index in [4.69, 9.17) is 4.74 Å². The Labute approximate surface area is 115 Å². The molecule has 0 radical (unpaired) electrons. The molecule has 1 aromatic rings. The molecule has 0 bridgehead atoms. The second-order valence-electron chi connectivity index (χ2n) is 5.65. The Bertz CT molecular complexity index is 400. The van der Waals surface area contributed by atoms with Crippen LogP contribution in [0.25, 0.3) is 0 Å². The first-order valence-corrected chi connectivity index (χ1v) is 7.28. The van der Waals surface area contributed by atoms with E-state index in [2.05, 4.69) is 12.2 Å².